The number of aromatic nitrogens is 4. The van der Waals surface area contributed by atoms with Gasteiger partial charge in [0.15, 0.2) is 0 Å². The van der Waals surface area contributed by atoms with E-state index < -0.39 is 11.9 Å². The fraction of sp³-hybridized carbons (Fsp3) is 0.0625. The molecule has 0 saturated heterocycles. The van der Waals surface area contributed by atoms with Gasteiger partial charge in [0.2, 0.25) is 11.1 Å². The molecule has 1 heterocycles. The van der Waals surface area contributed by atoms with Crippen molar-refractivity contribution in [2.24, 2.45) is 5.73 Å². The molecule has 9 heteroatoms. The van der Waals surface area contributed by atoms with E-state index in [-0.39, 0.29) is 5.56 Å². The Balaban J connectivity index is 1.73. The Morgan fingerprint density at radius 2 is 1.68 bits per heavy atom. The van der Waals surface area contributed by atoms with Crippen molar-refractivity contribution in [3.05, 3.63) is 65.2 Å². The molecular weight excluding hydrogens is 342 g/mol. The smallest absolute Gasteiger partial charge is 0.335 e. The summed E-state index contributed by atoms with van der Waals surface area (Å²) in [6.07, 6.45) is 0. The fourth-order valence-corrected chi connectivity index (χ4v) is 2.94. The molecule has 0 atom stereocenters. The predicted octanol–water partition coefficient (Wildman–Crippen LogP) is 1.75. The van der Waals surface area contributed by atoms with Crippen LogP contribution in [0.2, 0.25) is 0 Å². The summed E-state index contributed by atoms with van der Waals surface area (Å²) >= 11 is 1.41. The number of tetrazole rings is 1. The number of carboxylic acids is 1. The molecular formula is C16H13N5O3S. The first-order valence-corrected chi connectivity index (χ1v) is 8.17. The van der Waals surface area contributed by atoms with Crippen LogP contribution in [0.25, 0.3) is 5.69 Å². The zero-order valence-corrected chi connectivity index (χ0v) is 13.7. The number of thioether (sulfide) groups is 1. The average molecular weight is 355 g/mol. The summed E-state index contributed by atoms with van der Waals surface area (Å²) in [5.74, 6) is -0.871. The summed E-state index contributed by atoms with van der Waals surface area (Å²) in [7, 11) is 0. The predicted molar refractivity (Wildman–Crippen MR) is 90.6 cm³/mol. The van der Waals surface area contributed by atoms with Crippen molar-refractivity contribution in [2.75, 3.05) is 0 Å². The quantitative estimate of drug-likeness (QED) is 0.645. The Morgan fingerprint density at radius 3 is 2.28 bits per heavy atom. The molecule has 1 amide bonds. The highest BCUT2D eigenvalue weighted by molar-refractivity contribution is 7.98. The van der Waals surface area contributed by atoms with E-state index in [9.17, 15) is 9.59 Å². The number of nitrogens with two attached hydrogens (primary N) is 1. The maximum atomic E-state index is 11.1. The van der Waals surface area contributed by atoms with Gasteiger partial charge in [-0.3, -0.25) is 4.79 Å². The van der Waals surface area contributed by atoms with Crippen molar-refractivity contribution >= 4 is 23.6 Å². The van der Waals surface area contributed by atoms with E-state index >= 15 is 0 Å². The third-order valence-electron chi connectivity index (χ3n) is 3.41. The lowest BCUT2D eigenvalue weighted by atomic mass is 10.1. The van der Waals surface area contributed by atoms with E-state index in [1.807, 2.05) is 0 Å². The third kappa shape index (κ3) is 3.83. The number of aromatic carboxylic acids is 1. The lowest BCUT2D eigenvalue weighted by Gasteiger charge is -2.05. The van der Waals surface area contributed by atoms with E-state index in [0.717, 1.165) is 5.56 Å². The number of carbonyl (C=O) groups is 2. The summed E-state index contributed by atoms with van der Waals surface area (Å²) in [5.41, 5.74) is 7.54. The van der Waals surface area contributed by atoms with E-state index in [1.165, 1.54) is 11.8 Å². The minimum Gasteiger partial charge on any atom is -0.478 e. The van der Waals surface area contributed by atoms with Gasteiger partial charge in [0.25, 0.3) is 0 Å². The average Bonchev–Trinajstić information content (AvgIpc) is 3.09. The maximum Gasteiger partial charge on any atom is 0.335 e. The van der Waals surface area contributed by atoms with Crippen LogP contribution in [0.1, 0.15) is 26.3 Å². The Labute approximate surface area is 146 Å². The van der Waals surface area contributed by atoms with Gasteiger partial charge in [-0.2, -0.15) is 4.68 Å². The van der Waals surface area contributed by atoms with E-state index in [2.05, 4.69) is 15.5 Å². The topological polar surface area (TPSA) is 124 Å². The molecule has 3 aromatic rings. The number of amides is 1. The van der Waals surface area contributed by atoms with E-state index in [1.54, 1.807) is 53.2 Å². The van der Waals surface area contributed by atoms with Gasteiger partial charge in [0.05, 0.1) is 11.3 Å². The number of hydrogen-bond acceptors (Lipinski definition) is 6. The van der Waals surface area contributed by atoms with Crippen LogP contribution in [0, 0.1) is 0 Å². The number of primary amides is 1. The largest absolute Gasteiger partial charge is 0.478 e. The van der Waals surface area contributed by atoms with Crippen molar-refractivity contribution in [2.45, 2.75) is 10.9 Å². The van der Waals surface area contributed by atoms with E-state index in [0.29, 0.717) is 22.2 Å². The molecule has 8 nitrogen and oxygen atoms in total. The molecule has 0 saturated carbocycles. The second-order valence-electron chi connectivity index (χ2n) is 5.08. The van der Waals surface area contributed by atoms with Crippen molar-refractivity contribution in [1.29, 1.82) is 0 Å². The molecule has 0 bridgehead atoms. The molecule has 0 aliphatic rings. The summed E-state index contributed by atoms with van der Waals surface area (Å²) < 4.78 is 1.56. The summed E-state index contributed by atoms with van der Waals surface area (Å²) in [5, 5.41) is 21.1. The van der Waals surface area contributed by atoms with Gasteiger partial charge in [-0.05, 0) is 52.4 Å². The van der Waals surface area contributed by atoms with Crippen LogP contribution in [-0.4, -0.2) is 37.2 Å². The standard InChI is InChI=1S/C16H13N5O3S/c17-14(22)11-5-7-13(8-6-11)21-16(18-19-20-21)25-9-10-1-3-12(4-2-10)15(23)24/h1-8H,9H2,(H2,17,22)(H,23,24). The van der Waals surface area contributed by atoms with Crippen molar-refractivity contribution in [3.8, 4) is 5.69 Å². The molecule has 0 radical (unpaired) electrons. The van der Waals surface area contributed by atoms with Crippen LogP contribution in [0.5, 0.6) is 0 Å². The first-order valence-electron chi connectivity index (χ1n) is 7.18. The number of hydrogen-bond donors (Lipinski definition) is 2. The number of nitrogens with zero attached hydrogens (tertiary/aromatic N) is 4. The van der Waals surface area contributed by atoms with Gasteiger partial charge < -0.3 is 10.8 Å². The summed E-state index contributed by atoms with van der Waals surface area (Å²) in [6, 6.07) is 13.3. The molecule has 0 spiro atoms. The summed E-state index contributed by atoms with van der Waals surface area (Å²) in [6.45, 7) is 0. The minimum atomic E-state index is -0.956. The molecule has 1 aromatic heterocycles. The van der Waals surface area contributed by atoms with Gasteiger partial charge in [-0.1, -0.05) is 23.9 Å². The van der Waals surface area contributed by atoms with Crippen molar-refractivity contribution in [1.82, 2.24) is 20.2 Å². The van der Waals surface area contributed by atoms with Crippen LogP contribution >= 0.6 is 11.8 Å². The molecule has 0 aliphatic carbocycles. The minimum absolute atomic E-state index is 0.244. The Hall–Kier alpha value is -3.20. The van der Waals surface area contributed by atoms with Gasteiger partial charge in [0, 0.05) is 11.3 Å². The molecule has 25 heavy (non-hydrogen) atoms. The van der Waals surface area contributed by atoms with Crippen LogP contribution in [0.4, 0.5) is 0 Å². The van der Waals surface area contributed by atoms with Gasteiger partial charge in [-0.15, -0.1) is 5.10 Å². The van der Waals surface area contributed by atoms with Gasteiger partial charge >= 0.3 is 5.97 Å². The van der Waals surface area contributed by atoms with Crippen LogP contribution in [0.3, 0.4) is 0 Å². The number of carbonyl (C=O) groups excluding carboxylic acids is 1. The van der Waals surface area contributed by atoms with Crippen molar-refractivity contribution in [3.63, 3.8) is 0 Å². The number of carboxylic acid groups (broad SMARTS) is 1. The van der Waals surface area contributed by atoms with Crippen LogP contribution < -0.4 is 5.73 Å². The Bertz CT molecular complexity index is 906. The second kappa shape index (κ2) is 7.14. The van der Waals surface area contributed by atoms with E-state index in [4.69, 9.17) is 10.8 Å². The molecule has 0 aliphatic heterocycles. The lowest BCUT2D eigenvalue weighted by Crippen LogP contribution is -2.10. The first kappa shape index (κ1) is 16.7. The SMILES string of the molecule is NC(=O)c1ccc(-n2nnnc2SCc2ccc(C(=O)O)cc2)cc1. The monoisotopic (exact) mass is 355 g/mol. The van der Waals surface area contributed by atoms with Crippen LogP contribution in [0.15, 0.2) is 53.7 Å². The highest BCUT2D eigenvalue weighted by Gasteiger charge is 2.10. The zero-order chi connectivity index (χ0) is 17.8. The molecule has 3 N–H and O–H groups in total. The molecule has 126 valence electrons. The fourth-order valence-electron chi connectivity index (χ4n) is 2.09. The van der Waals surface area contributed by atoms with Gasteiger partial charge in [-0.25, -0.2) is 4.79 Å². The Kier molecular flexibility index (Phi) is 4.75. The molecule has 0 unspecified atom stereocenters. The second-order valence-corrected chi connectivity index (χ2v) is 6.02. The Morgan fingerprint density at radius 1 is 1.04 bits per heavy atom. The highest BCUT2D eigenvalue weighted by Crippen LogP contribution is 2.22. The van der Waals surface area contributed by atoms with Crippen molar-refractivity contribution < 1.29 is 14.7 Å². The van der Waals surface area contributed by atoms with Crippen LogP contribution in [-0.2, 0) is 5.75 Å². The normalized spacial score (nSPS) is 10.6. The third-order valence-corrected chi connectivity index (χ3v) is 4.40. The first-order chi connectivity index (χ1) is 12.0. The molecule has 3 rings (SSSR count). The highest BCUT2D eigenvalue weighted by atomic mass is 32.2. The molecule has 0 fully saturated rings. The maximum absolute atomic E-state index is 11.1. The number of benzene rings is 2. The lowest BCUT2D eigenvalue weighted by molar-refractivity contribution is 0.0696. The zero-order valence-electron chi connectivity index (χ0n) is 12.9. The summed E-state index contributed by atoms with van der Waals surface area (Å²) in [4.78, 5) is 22.0. The number of rotatable bonds is 6. The molecule has 2 aromatic carbocycles. The van der Waals surface area contributed by atoms with Gasteiger partial charge in [0.1, 0.15) is 0 Å².